The van der Waals surface area contributed by atoms with E-state index in [0.717, 1.165) is 25.9 Å². The molecule has 0 radical (unpaired) electrons. The molecule has 0 unspecified atom stereocenters. The lowest BCUT2D eigenvalue weighted by Gasteiger charge is -2.42. The molecule has 2 atom stereocenters. The van der Waals surface area contributed by atoms with Crippen LogP contribution in [0.1, 0.15) is 48.8 Å². The molecule has 4 heteroatoms. The summed E-state index contributed by atoms with van der Waals surface area (Å²) in [5.74, 6) is 0. The van der Waals surface area contributed by atoms with Crippen LogP contribution in [0.3, 0.4) is 0 Å². The molecule has 1 spiro atoms. The average molecular weight is 380 g/mol. The second-order valence-corrected chi connectivity index (χ2v) is 8.52. The van der Waals surface area contributed by atoms with Gasteiger partial charge in [-0.25, -0.2) is 0 Å². The van der Waals surface area contributed by atoms with Crippen LogP contribution in [-0.2, 0) is 17.8 Å². The number of aliphatic hydroxyl groups excluding tert-OH is 1. The number of rotatable bonds is 2. The predicted molar refractivity (Wildman–Crippen MR) is 110 cm³/mol. The fourth-order valence-corrected chi connectivity index (χ4v) is 5.54. The van der Waals surface area contributed by atoms with Gasteiger partial charge in [-0.3, -0.25) is 9.69 Å². The molecule has 2 N–H and O–H groups in total. The molecule has 148 valence electrons. The summed E-state index contributed by atoms with van der Waals surface area (Å²) in [6.45, 7) is 3.02. The van der Waals surface area contributed by atoms with Crippen molar-refractivity contribution in [3.8, 4) is 11.1 Å². The first kappa shape index (κ1) is 19.2. The number of piperidine rings is 1. The van der Waals surface area contributed by atoms with Crippen molar-refractivity contribution < 1.29 is 15.0 Å². The Balaban J connectivity index is 0.000000604. The summed E-state index contributed by atoms with van der Waals surface area (Å²) in [7, 11) is 0. The summed E-state index contributed by atoms with van der Waals surface area (Å²) in [6.07, 6.45) is 6.85. The number of likely N-dealkylation sites (tertiary alicyclic amines) is 1. The van der Waals surface area contributed by atoms with Gasteiger partial charge in [0.1, 0.15) is 0 Å². The average Bonchev–Trinajstić information content (AvgIpc) is 3.22. The van der Waals surface area contributed by atoms with Crippen molar-refractivity contribution in [3.05, 3.63) is 59.2 Å². The maximum atomic E-state index is 10.5. The normalized spacial score (nSPS) is 25.7. The third kappa shape index (κ3) is 3.59. The maximum absolute atomic E-state index is 10.5. The number of fused-ring (bicyclic) bond motifs is 3. The third-order valence-corrected chi connectivity index (χ3v) is 6.81. The molecule has 0 aromatic heterocycles. The molecule has 2 aromatic rings. The Bertz CT molecular complexity index is 849. The highest BCUT2D eigenvalue weighted by Crippen LogP contribution is 2.45. The molecule has 2 aliphatic carbocycles. The molecule has 1 heterocycles. The molecule has 2 aromatic carbocycles. The molecule has 5 rings (SSSR count). The van der Waals surface area contributed by atoms with Gasteiger partial charge in [-0.1, -0.05) is 48.9 Å². The Morgan fingerprint density at radius 3 is 2.61 bits per heavy atom. The lowest BCUT2D eigenvalue weighted by atomic mass is 9.76. The van der Waals surface area contributed by atoms with Crippen LogP contribution in [0.25, 0.3) is 11.1 Å². The number of hydrogen-bond acceptors (Lipinski definition) is 3. The standard InChI is InChI=1S/C23H27NO.CH2O2/c25-22-7-3-10-23(22)11-4-12-24(16-23)15-17-8-9-21-19(13-17)14-18-5-1-2-6-20(18)21;2-1-3/h1-2,5-6,8-9,13,22,25H,3-4,7,10-12,14-16H2;1H,(H,2,3)/t22-,23-;/m1./s1. The number of nitrogens with zero attached hydrogens (tertiary/aromatic N) is 1. The minimum absolute atomic E-state index is 0.0789. The maximum Gasteiger partial charge on any atom is 0.290 e. The predicted octanol–water partition coefficient (Wildman–Crippen LogP) is 4.09. The Kier molecular flexibility index (Phi) is 5.51. The van der Waals surface area contributed by atoms with Crippen molar-refractivity contribution in [2.45, 2.75) is 51.2 Å². The van der Waals surface area contributed by atoms with E-state index in [4.69, 9.17) is 9.90 Å². The largest absolute Gasteiger partial charge is 0.483 e. The highest BCUT2D eigenvalue weighted by molar-refractivity contribution is 5.76. The number of carboxylic acid groups (broad SMARTS) is 1. The van der Waals surface area contributed by atoms with Gasteiger partial charge in [0.15, 0.2) is 0 Å². The van der Waals surface area contributed by atoms with Crippen molar-refractivity contribution in [1.82, 2.24) is 4.90 Å². The van der Waals surface area contributed by atoms with E-state index in [1.54, 1.807) is 0 Å². The van der Waals surface area contributed by atoms with Gasteiger partial charge >= 0.3 is 0 Å². The van der Waals surface area contributed by atoms with Gasteiger partial charge in [-0.05, 0) is 66.5 Å². The van der Waals surface area contributed by atoms with Crippen LogP contribution in [0.5, 0.6) is 0 Å². The monoisotopic (exact) mass is 379 g/mol. The Hall–Kier alpha value is -2.17. The summed E-state index contributed by atoms with van der Waals surface area (Å²) in [5, 5.41) is 17.4. The van der Waals surface area contributed by atoms with Crippen molar-refractivity contribution in [1.29, 1.82) is 0 Å². The Morgan fingerprint density at radius 1 is 1.07 bits per heavy atom. The summed E-state index contributed by atoms with van der Waals surface area (Å²) >= 11 is 0. The van der Waals surface area contributed by atoms with Gasteiger partial charge in [0.25, 0.3) is 6.47 Å². The molecule has 3 aliphatic rings. The second-order valence-electron chi connectivity index (χ2n) is 8.52. The molecule has 2 fully saturated rings. The third-order valence-electron chi connectivity index (χ3n) is 6.81. The summed E-state index contributed by atoms with van der Waals surface area (Å²) in [5.41, 5.74) is 7.38. The van der Waals surface area contributed by atoms with Gasteiger partial charge in [0, 0.05) is 18.5 Å². The van der Waals surface area contributed by atoms with E-state index in [-0.39, 0.29) is 18.0 Å². The molecule has 0 bridgehead atoms. The van der Waals surface area contributed by atoms with Gasteiger partial charge < -0.3 is 10.2 Å². The van der Waals surface area contributed by atoms with Crippen LogP contribution in [0.4, 0.5) is 0 Å². The van der Waals surface area contributed by atoms with E-state index in [1.165, 1.54) is 60.0 Å². The molecule has 0 amide bonds. The summed E-state index contributed by atoms with van der Waals surface area (Å²) in [4.78, 5) is 10.9. The Morgan fingerprint density at radius 2 is 1.82 bits per heavy atom. The highest BCUT2D eigenvalue weighted by atomic mass is 16.3. The smallest absolute Gasteiger partial charge is 0.290 e. The van der Waals surface area contributed by atoms with Crippen molar-refractivity contribution in [3.63, 3.8) is 0 Å². The van der Waals surface area contributed by atoms with Gasteiger partial charge in [0.2, 0.25) is 0 Å². The second kappa shape index (κ2) is 8.06. The van der Waals surface area contributed by atoms with Gasteiger partial charge in [0.05, 0.1) is 6.10 Å². The first-order valence-electron chi connectivity index (χ1n) is 10.3. The van der Waals surface area contributed by atoms with Crippen LogP contribution in [-0.4, -0.2) is 40.8 Å². The van der Waals surface area contributed by atoms with E-state index in [2.05, 4.69) is 47.4 Å². The zero-order valence-electron chi connectivity index (χ0n) is 16.3. The van der Waals surface area contributed by atoms with Crippen molar-refractivity contribution >= 4 is 6.47 Å². The van der Waals surface area contributed by atoms with E-state index >= 15 is 0 Å². The minimum Gasteiger partial charge on any atom is -0.483 e. The van der Waals surface area contributed by atoms with Crippen LogP contribution < -0.4 is 0 Å². The molecule has 28 heavy (non-hydrogen) atoms. The zero-order valence-corrected chi connectivity index (χ0v) is 16.3. The molecular weight excluding hydrogens is 350 g/mol. The van der Waals surface area contributed by atoms with E-state index in [0.29, 0.717) is 0 Å². The molecule has 4 nitrogen and oxygen atoms in total. The molecule has 1 saturated heterocycles. The number of benzene rings is 2. The van der Waals surface area contributed by atoms with E-state index in [1.807, 2.05) is 0 Å². The summed E-state index contributed by atoms with van der Waals surface area (Å²) < 4.78 is 0. The lowest BCUT2D eigenvalue weighted by Crippen LogP contribution is -2.46. The van der Waals surface area contributed by atoms with Crippen molar-refractivity contribution in [2.24, 2.45) is 5.41 Å². The van der Waals surface area contributed by atoms with E-state index < -0.39 is 0 Å². The van der Waals surface area contributed by atoms with Crippen LogP contribution in [0.15, 0.2) is 42.5 Å². The molecular formula is C24H29NO3. The number of hydrogen-bond donors (Lipinski definition) is 2. The fourth-order valence-electron chi connectivity index (χ4n) is 5.54. The number of carbonyl (C=O) groups is 1. The minimum atomic E-state index is -0.250. The van der Waals surface area contributed by atoms with Crippen LogP contribution >= 0.6 is 0 Å². The first-order valence-corrected chi connectivity index (χ1v) is 10.3. The first-order chi connectivity index (χ1) is 13.6. The topological polar surface area (TPSA) is 60.8 Å². The van der Waals surface area contributed by atoms with Crippen LogP contribution in [0, 0.1) is 5.41 Å². The Labute approximate surface area is 166 Å². The van der Waals surface area contributed by atoms with Crippen molar-refractivity contribution in [2.75, 3.05) is 13.1 Å². The van der Waals surface area contributed by atoms with Gasteiger partial charge in [-0.2, -0.15) is 0 Å². The zero-order chi connectivity index (χ0) is 19.6. The molecule has 1 saturated carbocycles. The number of aliphatic hydroxyl groups is 1. The SMILES string of the molecule is O=CO.O[C@@H]1CCC[C@]12CCCN(Cc1ccc3c(c1)Cc1ccccc1-3)C2. The van der Waals surface area contributed by atoms with E-state index in [9.17, 15) is 5.11 Å². The lowest BCUT2D eigenvalue weighted by molar-refractivity contribution is -0.122. The molecule has 1 aliphatic heterocycles. The van der Waals surface area contributed by atoms with Crippen LogP contribution in [0.2, 0.25) is 0 Å². The quantitative estimate of drug-likeness (QED) is 0.659. The summed E-state index contributed by atoms with van der Waals surface area (Å²) in [6, 6.07) is 15.8. The highest BCUT2D eigenvalue weighted by Gasteiger charge is 2.44. The fraction of sp³-hybridized carbons (Fsp3) is 0.458. The van der Waals surface area contributed by atoms with Gasteiger partial charge in [-0.15, -0.1) is 0 Å².